The summed E-state index contributed by atoms with van der Waals surface area (Å²) in [4.78, 5) is 0. The molecular formula is C22H22O8. The van der Waals surface area contributed by atoms with Crippen LogP contribution in [0.15, 0.2) is 24.3 Å². The monoisotopic (exact) mass is 414 g/mol. The van der Waals surface area contributed by atoms with Gasteiger partial charge in [-0.3, -0.25) is 0 Å². The van der Waals surface area contributed by atoms with Crippen molar-refractivity contribution in [2.75, 3.05) is 27.8 Å². The van der Waals surface area contributed by atoms with Gasteiger partial charge in [0.25, 0.3) is 0 Å². The molecule has 0 aliphatic carbocycles. The van der Waals surface area contributed by atoms with Gasteiger partial charge in [0.1, 0.15) is 5.60 Å². The fraction of sp³-hybridized carbons (Fsp3) is 0.455. The largest absolute Gasteiger partial charge is 0.493 e. The second-order valence-electron chi connectivity index (χ2n) is 8.02. The molecule has 0 spiro atoms. The summed E-state index contributed by atoms with van der Waals surface area (Å²) in [5.74, 6) is 2.90. The van der Waals surface area contributed by atoms with Gasteiger partial charge in [0.2, 0.25) is 30.9 Å². The highest BCUT2D eigenvalue weighted by molar-refractivity contribution is 5.58. The first-order chi connectivity index (χ1) is 14.5. The number of methoxy groups -OCH3 is 2. The zero-order valence-corrected chi connectivity index (χ0v) is 17.1. The second-order valence-corrected chi connectivity index (χ2v) is 8.02. The van der Waals surface area contributed by atoms with Crippen LogP contribution in [0, 0.1) is 5.92 Å². The van der Waals surface area contributed by atoms with Gasteiger partial charge in [-0.1, -0.05) is 6.92 Å². The minimum Gasteiger partial charge on any atom is -0.493 e. The van der Waals surface area contributed by atoms with E-state index < -0.39 is 11.4 Å². The number of hydrogen-bond acceptors (Lipinski definition) is 8. The van der Waals surface area contributed by atoms with Crippen LogP contribution in [0.25, 0.3) is 0 Å². The summed E-state index contributed by atoms with van der Waals surface area (Å²) in [6.07, 6.45) is -0.219. The Morgan fingerprint density at radius 2 is 1.50 bits per heavy atom. The summed E-state index contributed by atoms with van der Waals surface area (Å²) in [6, 6.07) is 7.70. The molecule has 2 saturated heterocycles. The molecule has 4 heterocycles. The lowest BCUT2D eigenvalue weighted by atomic mass is 9.85. The topological polar surface area (TPSA) is 77.1 Å². The third kappa shape index (κ3) is 2.12. The van der Waals surface area contributed by atoms with Crippen LogP contribution in [0.4, 0.5) is 0 Å². The van der Waals surface area contributed by atoms with Crippen LogP contribution in [0.3, 0.4) is 0 Å². The molecule has 4 atom stereocenters. The molecule has 30 heavy (non-hydrogen) atoms. The maximum absolute atomic E-state index is 6.60. The SMILES string of the molecule is COc1cc([C@H]2O[C@@]3(c4cc(OC)c5c(c4)OCO5)O[C@@]3(C)[C@@H]2C)cc2c1OCO2. The molecule has 8 nitrogen and oxygen atoms in total. The Balaban J connectivity index is 1.41. The Morgan fingerprint density at radius 1 is 0.867 bits per heavy atom. The Hall–Kier alpha value is -2.84. The Kier molecular flexibility index (Phi) is 3.51. The van der Waals surface area contributed by atoms with Crippen molar-refractivity contribution in [2.24, 2.45) is 5.92 Å². The van der Waals surface area contributed by atoms with Crippen LogP contribution in [0.2, 0.25) is 0 Å². The highest BCUT2D eigenvalue weighted by Gasteiger charge is 2.79. The molecule has 8 heteroatoms. The lowest BCUT2D eigenvalue weighted by Gasteiger charge is -2.22. The quantitative estimate of drug-likeness (QED) is 0.704. The van der Waals surface area contributed by atoms with E-state index >= 15 is 0 Å². The van der Waals surface area contributed by atoms with E-state index in [1.807, 2.05) is 24.3 Å². The molecule has 2 aromatic carbocycles. The highest BCUT2D eigenvalue weighted by atomic mass is 16.8. The van der Waals surface area contributed by atoms with Crippen LogP contribution >= 0.6 is 0 Å². The zero-order chi connectivity index (χ0) is 20.7. The lowest BCUT2D eigenvalue weighted by Crippen LogP contribution is -2.21. The first-order valence-electron chi connectivity index (χ1n) is 9.84. The van der Waals surface area contributed by atoms with E-state index in [4.69, 9.17) is 37.9 Å². The Morgan fingerprint density at radius 3 is 2.17 bits per heavy atom. The number of benzene rings is 2. The number of hydrogen-bond donors (Lipinski definition) is 0. The van der Waals surface area contributed by atoms with Crippen molar-refractivity contribution in [3.63, 3.8) is 0 Å². The van der Waals surface area contributed by atoms with Crippen LogP contribution in [0.5, 0.6) is 34.5 Å². The lowest BCUT2D eigenvalue weighted by molar-refractivity contribution is -0.107. The third-order valence-corrected chi connectivity index (χ3v) is 6.63. The van der Waals surface area contributed by atoms with E-state index in [1.165, 1.54) is 0 Å². The maximum Gasteiger partial charge on any atom is 0.231 e. The van der Waals surface area contributed by atoms with Crippen molar-refractivity contribution in [2.45, 2.75) is 31.3 Å². The predicted molar refractivity (Wildman–Crippen MR) is 102 cm³/mol. The number of epoxide rings is 1. The first kappa shape index (κ1) is 18.0. The number of rotatable bonds is 4. The van der Waals surface area contributed by atoms with Crippen molar-refractivity contribution < 1.29 is 37.9 Å². The van der Waals surface area contributed by atoms with Gasteiger partial charge in [0.05, 0.1) is 20.3 Å². The van der Waals surface area contributed by atoms with Crippen LogP contribution < -0.4 is 28.4 Å². The molecule has 158 valence electrons. The first-order valence-corrected chi connectivity index (χ1v) is 9.84. The van der Waals surface area contributed by atoms with Crippen molar-refractivity contribution in [3.05, 3.63) is 35.4 Å². The van der Waals surface area contributed by atoms with E-state index in [2.05, 4.69) is 13.8 Å². The van der Waals surface area contributed by atoms with Gasteiger partial charge in [-0.15, -0.1) is 0 Å². The molecule has 0 bridgehead atoms. The second kappa shape index (κ2) is 5.86. The molecule has 6 rings (SSSR count). The van der Waals surface area contributed by atoms with Crippen molar-refractivity contribution in [3.8, 4) is 34.5 Å². The van der Waals surface area contributed by atoms with Gasteiger partial charge in [0.15, 0.2) is 23.0 Å². The fourth-order valence-electron chi connectivity index (χ4n) is 4.78. The summed E-state index contributed by atoms with van der Waals surface area (Å²) in [5.41, 5.74) is 1.29. The van der Waals surface area contributed by atoms with Gasteiger partial charge in [-0.2, -0.15) is 0 Å². The smallest absolute Gasteiger partial charge is 0.231 e. The maximum atomic E-state index is 6.60. The summed E-state index contributed by atoms with van der Waals surface area (Å²) in [7, 11) is 3.22. The number of fused-ring (bicyclic) bond motifs is 3. The molecule has 0 N–H and O–H groups in total. The van der Waals surface area contributed by atoms with E-state index in [0.717, 1.165) is 11.1 Å². The fourth-order valence-corrected chi connectivity index (χ4v) is 4.78. The molecule has 0 aromatic heterocycles. The molecule has 0 radical (unpaired) electrons. The minimum atomic E-state index is -0.894. The average Bonchev–Trinajstić information content (AvgIpc) is 3.18. The van der Waals surface area contributed by atoms with Gasteiger partial charge in [-0.25, -0.2) is 0 Å². The normalized spacial score (nSPS) is 32.1. The van der Waals surface area contributed by atoms with Crippen LogP contribution in [0.1, 0.15) is 31.1 Å². The van der Waals surface area contributed by atoms with E-state index in [9.17, 15) is 0 Å². The molecule has 4 aliphatic rings. The van der Waals surface area contributed by atoms with Gasteiger partial charge in [0, 0.05) is 11.5 Å². The van der Waals surface area contributed by atoms with Crippen molar-refractivity contribution >= 4 is 0 Å². The van der Waals surface area contributed by atoms with Crippen LogP contribution in [-0.2, 0) is 15.3 Å². The Labute approximate surface area is 173 Å². The highest BCUT2D eigenvalue weighted by Crippen LogP contribution is 2.71. The molecule has 2 fully saturated rings. The zero-order valence-electron chi connectivity index (χ0n) is 17.1. The van der Waals surface area contributed by atoms with Gasteiger partial charge < -0.3 is 37.9 Å². The molecule has 0 amide bonds. The van der Waals surface area contributed by atoms with E-state index in [0.29, 0.717) is 34.5 Å². The molecular weight excluding hydrogens is 392 g/mol. The van der Waals surface area contributed by atoms with Crippen molar-refractivity contribution in [1.29, 1.82) is 0 Å². The van der Waals surface area contributed by atoms with Crippen LogP contribution in [-0.4, -0.2) is 33.4 Å². The van der Waals surface area contributed by atoms with Gasteiger partial charge in [-0.05, 0) is 36.8 Å². The molecule has 4 aliphatic heterocycles. The summed E-state index contributed by atoms with van der Waals surface area (Å²) in [5, 5.41) is 0. The third-order valence-electron chi connectivity index (χ3n) is 6.63. The van der Waals surface area contributed by atoms with Gasteiger partial charge >= 0.3 is 0 Å². The minimum absolute atomic E-state index is 0.0685. The number of ether oxygens (including phenoxy) is 8. The molecule has 2 aromatic rings. The van der Waals surface area contributed by atoms with E-state index in [1.54, 1.807) is 14.2 Å². The van der Waals surface area contributed by atoms with Crippen molar-refractivity contribution in [1.82, 2.24) is 0 Å². The summed E-state index contributed by atoms with van der Waals surface area (Å²) < 4.78 is 46.1. The Bertz CT molecular complexity index is 1050. The van der Waals surface area contributed by atoms with E-state index in [-0.39, 0.29) is 25.6 Å². The summed E-state index contributed by atoms with van der Waals surface area (Å²) in [6.45, 7) is 4.54. The standard InChI is InChI=1S/C22H22O8/c1-11-18(12-5-14(23-3)19-16(6-12)25-9-27-19)29-22(21(11,2)30-22)13-7-15(24-4)20-17(8-13)26-10-28-20/h5-8,11,18H,9-10H2,1-4H3/t11-,18+,21+,22+/m1/s1. The molecule has 0 saturated carbocycles. The average molecular weight is 414 g/mol. The molecule has 0 unspecified atom stereocenters. The predicted octanol–water partition coefficient (Wildman–Crippen LogP) is 3.51. The summed E-state index contributed by atoms with van der Waals surface area (Å²) >= 11 is 0.